The summed E-state index contributed by atoms with van der Waals surface area (Å²) in [6.45, 7) is 2.43. The van der Waals surface area contributed by atoms with E-state index in [1.165, 1.54) is 12.1 Å². The maximum atomic E-state index is 13.4. The molecule has 4 nitrogen and oxygen atoms in total. The summed E-state index contributed by atoms with van der Waals surface area (Å²) >= 11 is 11.7. The SMILES string of the molecule is CCCCOC(=O)CC1c2cc(Cl)ccc2NC(=S)N1c1ccc(F)cc1. The lowest BCUT2D eigenvalue weighted by atomic mass is 9.97. The fourth-order valence-electron chi connectivity index (χ4n) is 3.03. The van der Waals surface area contributed by atoms with E-state index < -0.39 is 6.04 Å². The van der Waals surface area contributed by atoms with Crippen LogP contribution in [-0.4, -0.2) is 17.7 Å². The molecule has 0 fully saturated rings. The van der Waals surface area contributed by atoms with Crippen LogP contribution in [0, 0.1) is 5.82 Å². The molecule has 2 aromatic carbocycles. The number of esters is 1. The maximum absolute atomic E-state index is 13.4. The van der Waals surface area contributed by atoms with Crippen LogP contribution in [0.4, 0.5) is 15.8 Å². The molecule has 0 amide bonds. The van der Waals surface area contributed by atoms with Gasteiger partial charge in [-0.25, -0.2) is 4.39 Å². The van der Waals surface area contributed by atoms with E-state index in [9.17, 15) is 9.18 Å². The van der Waals surface area contributed by atoms with Gasteiger partial charge in [0.25, 0.3) is 0 Å². The molecule has 1 aliphatic heterocycles. The molecule has 0 saturated heterocycles. The number of hydrogen-bond donors (Lipinski definition) is 1. The number of anilines is 2. The molecule has 0 bridgehead atoms. The summed E-state index contributed by atoms with van der Waals surface area (Å²) in [6.07, 6.45) is 1.88. The highest BCUT2D eigenvalue weighted by molar-refractivity contribution is 7.80. The molecule has 0 saturated carbocycles. The summed E-state index contributed by atoms with van der Waals surface area (Å²) in [4.78, 5) is 14.2. The summed E-state index contributed by atoms with van der Waals surface area (Å²) < 4.78 is 18.7. The largest absolute Gasteiger partial charge is 0.466 e. The topological polar surface area (TPSA) is 41.6 Å². The maximum Gasteiger partial charge on any atom is 0.308 e. The van der Waals surface area contributed by atoms with Gasteiger partial charge in [0.15, 0.2) is 5.11 Å². The van der Waals surface area contributed by atoms with Crippen molar-refractivity contribution in [2.75, 3.05) is 16.8 Å². The lowest BCUT2D eigenvalue weighted by molar-refractivity contribution is -0.144. The minimum absolute atomic E-state index is 0.107. The quantitative estimate of drug-likeness (QED) is 0.391. The predicted molar refractivity (Wildman–Crippen MR) is 110 cm³/mol. The lowest BCUT2D eigenvalue weighted by Crippen LogP contribution is -2.43. The number of halogens is 2. The van der Waals surface area contributed by atoms with E-state index >= 15 is 0 Å². The van der Waals surface area contributed by atoms with Crippen molar-refractivity contribution >= 4 is 46.3 Å². The molecular formula is C20H20ClFN2O2S. The normalized spacial score (nSPS) is 15.9. The zero-order chi connectivity index (χ0) is 19.4. The van der Waals surface area contributed by atoms with Gasteiger partial charge in [-0.3, -0.25) is 4.79 Å². The highest BCUT2D eigenvalue weighted by Crippen LogP contribution is 2.39. The van der Waals surface area contributed by atoms with Crippen LogP contribution in [0.2, 0.25) is 5.02 Å². The fourth-order valence-corrected chi connectivity index (χ4v) is 3.55. The van der Waals surface area contributed by atoms with E-state index in [4.69, 9.17) is 28.6 Å². The number of carbonyl (C=O) groups is 1. The number of nitrogens with one attached hydrogen (secondary N) is 1. The number of nitrogens with zero attached hydrogens (tertiary/aromatic N) is 1. The number of rotatable bonds is 6. The molecule has 2 aromatic rings. The summed E-state index contributed by atoms with van der Waals surface area (Å²) in [5.74, 6) is -0.648. The monoisotopic (exact) mass is 406 g/mol. The summed E-state index contributed by atoms with van der Waals surface area (Å²) in [5.41, 5.74) is 2.33. The van der Waals surface area contributed by atoms with E-state index in [1.54, 1.807) is 23.1 Å². The van der Waals surface area contributed by atoms with E-state index in [-0.39, 0.29) is 18.2 Å². The highest BCUT2D eigenvalue weighted by atomic mass is 35.5. The molecule has 1 atom stereocenters. The van der Waals surface area contributed by atoms with Gasteiger partial charge in [0.1, 0.15) is 5.82 Å². The zero-order valence-corrected chi connectivity index (χ0v) is 16.4. The summed E-state index contributed by atoms with van der Waals surface area (Å²) in [6, 6.07) is 11.0. The summed E-state index contributed by atoms with van der Waals surface area (Å²) in [5, 5.41) is 4.15. The highest BCUT2D eigenvalue weighted by Gasteiger charge is 2.33. The first kappa shape index (κ1) is 19.6. The molecule has 142 valence electrons. The standard InChI is InChI=1S/C20H20ClFN2O2S/c1-2-3-10-26-19(25)12-18-16-11-13(21)4-9-17(16)23-20(27)24(18)15-7-5-14(22)6-8-15/h4-9,11,18H,2-3,10,12H2,1H3,(H,23,27). The average molecular weight is 407 g/mol. The van der Waals surface area contributed by atoms with Crippen molar-refractivity contribution < 1.29 is 13.9 Å². The zero-order valence-electron chi connectivity index (χ0n) is 14.9. The fraction of sp³-hybridized carbons (Fsp3) is 0.300. The van der Waals surface area contributed by atoms with E-state index in [2.05, 4.69) is 5.32 Å². The van der Waals surface area contributed by atoms with Crippen LogP contribution in [0.1, 0.15) is 37.8 Å². The van der Waals surface area contributed by atoms with Gasteiger partial charge in [0.2, 0.25) is 0 Å². The molecule has 7 heteroatoms. The lowest BCUT2D eigenvalue weighted by Gasteiger charge is -2.39. The number of unbranched alkanes of at least 4 members (excludes halogenated alkanes) is 1. The number of benzene rings is 2. The first-order valence-electron chi connectivity index (χ1n) is 8.80. The van der Waals surface area contributed by atoms with Crippen LogP contribution in [0.3, 0.4) is 0 Å². The molecule has 1 heterocycles. The third-order valence-corrected chi connectivity index (χ3v) is 4.90. The number of fused-ring (bicyclic) bond motifs is 1. The molecule has 1 N–H and O–H groups in total. The molecule has 0 radical (unpaired) electrons. The Bertz CT molecular complexity index is 844. The van der Waals surface area contributed by atoms with Gasteiger partial charge in [0, 0.05) is 22.0 Å². The van der Waals surface area contributed by atoms with E-state index in [0.717, 1.165) is 24.1 Å². The van der Waals surface area contributed by atoms with Gasteiger partial charge >= 0.3 is 5.97 Å². The Labute approximate surface area is 168 Å². The molecule has 0 spiro atoms. The second kappa shape index (κ2) is 8.67. The van der Waals surface area contributed by atoms with Gasteiger partial charge in [0.05, 0.1) is 19.1 Å². The van der Waals surface area contributed by atoms with Gasteiger partial charge in [-0.1, -0.05) is 24.9 Å². The van der Waals surface area contributed by atoms with Crippen molar-refractivity contribution in [1.82, 2.24) is 0 Å². The predicted octanol–water partition coefficient (Wildman–Crippen LogP) is 5.47. The van der Waals surface area contributed by atoms with Gasteiger partial charge in [-0.05, 0) is 61.1 Å². The minimum Gasteiger partial charge on any atom is -0.466 e. The number of carbonyl (C=O) groups excluding carboxylic acids is 1. The number of thiocarbonyl (C=S) groups is 1. The first-order chi connectivity index (χ1) is 13.0. The Morgan fingerprint density at radius 3 is 2.74 bits per heavy atom. The van der Waals surface area contributed by atoms with E-state index in [1.807, 2.05) is 19.1 Å². The number of hydrogen-bond acceptors (Lipinski definition) is 3. The Kier molecular flexibility index (Phi) is 6.29. The van der Waals surface area contributed by atoms with Crippen LogP contribution in [0.5, 0.6) is 0 Å². The molecule has 1 aliphatic rings. The van der Waals surface area contributed by atoms with Gasteiger partial charge in [-0.2, -0.15) is 0 Å². The molecule has 3 rings (SSSR count). The second-order valence-electron chi connectivity index (χ2n) is 6.30. The third kappa shape index (κ3) is 4.57. The molecule has 27 heavy (non-hydrogen) atoms. The van der Waals surface area contributed by atoms with Crippen molar-refractivity contribution in [3.63, 3.8) is 0 Å². The number of ether oxygens (including phenoxy) is 1. The van der Waals surface area contributed by atoms with Crippen LogP contribution >= 0.6 is 23.8 Å². The van der Waals surface area contributed by atoms with Crippen LogP contribution < -0.4 is 10.2 Å². The Balaban J connectivity index is 1.95. The smallest absolute Gasteiger partial charge is 0.308 e. The third-order valence-electron chi connectivity index (χ3n) is 4.37. The minimum atomic E-state index is -0.396. The van der Waals surface area contributed by atoms with Gasteiger partial charge in [-0.15, -0.1) is 0 Å². The molecular weight excluding hydrogens is 387 g/mol. The average Bonchev–Trinajstić information content (AvgIpc) is 2.64. The van der Waals surface area contributed by atoms with Crippen molar-refractivity contribution in [2.24, 2.45) is 0 Å². The van der Waals surface area contributed by atoms with Crippen molar-refractivity contribution in [1.29, 1.82) is 0 Å². The Hall–Kier alpha value is -2.18. The van der Waals surface area contributed by atoms with Crippen LogP contribution in [-0.2, 0) is 9.53 Å². The van der Waals surface area contributed by atoms with Crippen LogP contribution in [0.25, 0.3) is 0 Å². The van der Waals surface area contributed by atoms with Crippen LogP contribution in [0.15, 0.2) is 42.5 Å². The Morgan fingerprint density at radius 1 is 1.30 bits per heavy atom. The second-order valence-corrected chi connectivity index (χ2v) is 7.13. The van der Waals surface area contributed by atoms with Gasteiger partial charge < -0.3 is 15.0 Å². The molecule has 1 unspecified atom stereocenters. The first-order valence-corrected chi connectivity index (χ1v) is 9.59. The van der Waals surface area contributed by atoms with E-state index in [0.29, 0.717) is 22.4 Å². The molecule has 0 aliphatic carbocycles. The van der Waals surface area contributed by atoms with Crippen molar-refractivity contribution in [3.05, 3.63) is 58.9 Å². The Morgan fingerprint density at radius 2 is 2.04 bits per heavy atom. The summed E-state index contributed by atoms with van der Waals surface area (Å²) in [7, 11) is 0. The van der Waals surface area contributed by atoms with Crippen molar-refractivity contribution in [2.45, 2.75) is 32.2 Å². The molecule has 0 aromatic heterocycles. The van der Waals surface area contributed by atoms with Crippen molar-refractivity contribution in [3.8, 4) is 0 Å².